The molecule has 0 fully saturated rings. The highest BCUT2D eigenvalue weighted by Crippen LogP contribution is 2.18. The van der Waals surface area contributed by atoms with Gasteiger partial charge in [0.25, 0.3) is 11.8 Å². The molecule has 0 saturated heterocycles. The highest BCUT2D eigenvalue weighted by atomic mass is 16.3. The molecule has 0 bridgehead atoms. The summed E-state index contributed by atoms with van der Waals surface area (Å²) in [4.78, 5) is 26.4. The van der Waals surface area contributed by atoms with Crippen molar-refractivity contribution in [2.75, 3.05) is 20.6 Å². The second-order valence-electron chi connectivity index (χ2n) is 4.64. The number of hydrogen-bond donors (Lipinski definition) is 1. The minimum absolute atomic E-state index is 0.155. The Kier molecular flexibility index (Phi) is 5.96. The minimum Gasteiger partial charge on any atom is -0.503 e. The summed E-state index contributed by atoms with van der Waals surface area (Å²) in [7, 11) is 3.20. The molecule has 0 saturated carbocycles. The summed E-state index contributed by atoms with van der Waals surface area (Å²) in [6.45, 7) is 4.59. The number of rotatable bonds is 3. The van der Waals surface area contributed by atoms with Gasteiger partial charge in [-0.1, -0.05) is 44.2 Å². The fourth-order valence-corrected chi connectivity index (χ4v) is 2.02. The molecular weight excluding hydrogens is 268 g/mol. The van der Waals surface area contributed by atoms with Gasteiger partial charge in [-0.2, -0.15) is 0 Å². The van der Waals surface area contributed by atoms with Crippen LogP contribution in [0, 0.1) is 0 Å². The van der Waals surface area contributed by atoms with Crippen LogP contribution in [0.5, 0.6) is 0 Å². The molecule has 1 heterocycles. The van der Waals surface area contributed by atoms with Crippen LogP contribution in [-0.4, -0.2) is 47.4 Å². The van der Waals surface area contributed by atoms with Gasteiger partial charge in [0.1, 0.15) is 0 Å². The zero-order chi connectivity index (χ0) is 16.0. The van der Waals surface area contributed by atoms with Crippen molar-refractivity contribution >= 4 is 11.8 Å². The van der Waals surface area contributed by atoms with Gasteiger partial charge >= 0.3 is 0 Å². The molecule has 114 valence electrons. The smallest absolute Gasteiger partial charge is 0.289 e. The molecule has 0 radical (unpaired) electrons. The fraction of sp³-hybridized carbons (Fsp3) is 0.375. The Morgan fingerprint density at radius 3 is 2.33 bits per heavy atom. The van der Waals surface area contributed by atoms with E-state index >= 15 is 0 Å². The number of likely N-dealkylation sites (N-methyl/N-ethyl adjacent to an activating group) is 2. The van der Waals surface area contributed by atoms with Gasteiger partial charge in [0.2, 0.25) is 0 Å². The Balaban J connectivity index is 0.00000106. The van der Waals surface area contributed by atoms with Gasteiger partial charge in [0.15, 0.2) is 5.76 Å². The Bertz CT molecular complexity index is 538. The van der Waals surface area contributed by atoms with Crippen LogP contribution in [0.25, 0.3) is 0 Å². The lowest BCUT2D eigenvalue weighted by Gasteiger charge is -2.18. The predicted molar refractivity (Wildman–Crippen MR) is 81.6 cm³/mol. The fourth-order valence-electron chi connectivity index (χ4n) is 2.02. The average molecular weight is 290 g/mol. The molecule has 5 nitrogen and oxygen atoms in total. The molecular formula is C16H22N2O3. The Hall–Kier alpha value is -2.30. The first-order valence-corrected chi connectivity index (χ1v) is 6.97. The van der Waals surface area contributed by atoms with Gasteiger partial charge in [-0.15, -0.1) is 0 Å². The second-order valence-corrected chi connectivity index (χ2v) is 4.64. The van der Waals surface area contributed by atoms with E-state index in [1.807, 2.05) is 44.2 Å². The number of aliphatic hydroxyl groups is 1. The number of aliphatic hydroxyl groups excluding tert-OH is 1. The summed E-state index contributed by atoms with van der Waals surface area (Å²) < 4.78 is 0. The lowest BCUT2D eigenvalue weighted by Crippen LogP contribution is -2.30. The third-order valence-corrected chi connectivity index (χ3v) is 3.10. The van der Waals surface area contributed by atoms with Crippen molar-refractivity contribution in [3.8, 4) is 0 Å². The van der Waals surface area contributed by atoms with Gasteiger partial charge in [-0.3, -0.25) is 9.59 Å². The summed E-state index contributed by atoms with van der Waals surface area (Å²) in [5.74, 6) is -1.26. The Labute approximate surface area is 125 Å². The summed E-state index contributed by atoms with van der Waals surface area (Å²) in [6, 6.07) is 9.55. The largest absolute Gasteiger partial charge is 0.503 e. The zero-order valence-electron chi connectivity index (χ0n) is 13.0. The first kappa shape index (κ1) is 16.8. The SMILES string of the molecule is CC.CN1CC(C(=O)N(C)Cc2ccccc2)=C(O)C1=O. The molecule has 0 atom stereocenters. The van der Waals surface area contributed by atoms with E-state index in [2.05, 4.69) is 0 Å². The van der Waals surface area contributed by atoms with Crippen LogP contribution in [-0.2, 0) is 16.1 Å². The van der Waals surface area contributed by atoms with Crippen molar-refractivity contribution in [2.45, 2.75) is 20.4 Å². The minimum atomic E-state index is -0.503. The molecule has 0 spiro atoms. The second kappa shape index (κ2) is 7.47. The summed E-state index contributed by atoms with van der Waals surface area (Å²) >= 11 is 0. The predicted octanol–water partition coefficient (Wildman–Crippen LogP) is 1.96. The molecule has 0 aliphatic carbocycles. The van der Waals surface area contributed by atoms with Crippen molar-refractivity contribution in [3.63, 3.8) is 0 Å². The van der Waals surface area contributed by atoms with E-state index in [0.29, 0.717) is 6.54 Å². The van der Waals surface area contributed by atoms with Gasteiger partial charge in [-0.05, 0) is 5.56 Å². The van der Waals surface area contributed by atoms with Crippen LogP contribution in [0.3, 0.4) is 0 Å². The number of hydrogen-bond acceptors (Lipinski definition) is 3. The van der Waals surface area contributed by atoms with Crippen LogP contribution in [0.2, 0.25) is 0 Å². The topological polar surface area (TPSA) is 60.9 Å². The van der Waals surface area contributed by atoms with Crippen LogP contribution in [0.1, 0.15) is 19.4 Å². The summed E-state index contributed by atoms with van der Waals surface area (Å²) in [5, 5.41) is 9.65. The molecule has 5 heteroatoms. The molecule has 1 aliphatic rings. The highest BCUT2D eigenvalue weighted by molar-refractivity contribution is 6.06. The summed E-state index contributed by atoms with van der Waals surface area (Å²) in [5.41, 5.74) is 1.15. The lowest BCUT2D eigenvalue weighted by molar-refractivity contribution is -0.127. The van der Waals surface area contributed by atoms with Crippen molar-refractivity contribution in [2.24, 2.45) is 0 Å². The quantitative estimate of drug-likeness (QED) is 0.925. The maximum Gasteiger partial charge on any atom is 0.289 e. The van der Waals surface area contributed by atoms with Crippen molar-refractivity contribution in [3.05, 3.63) is 47.2 Å². The highest BCUT2D eigenvalue weighted by Gasteiger charge is 2.32. The van der Waals surface area contributed by atoms with Gasteiger partial charge in [0.05, 0.1) is 12.1 Å². The number of benzene rings is 1. The number of carbonyl (C=O) groups excluding carboxylic acids is 2. The van der Waals surface area contributed by atoms with Crippen molar-refractivity contribution in [1.29, 1.82) is 0 Å². The number of amides is 2. The van der Waals surface area contributed by atoms with E-state index in [0.717, 1.165) is 5.56 Å². The van der Waals surface area contributed by atoms with E-state index in [4.69, 9.17) is 0 Å². The lowest BCUT2D eigenvalue weighted by atomic mass is 10.2. The molecule has 1 aromatic rings. The van der Waals surface area contributed by atoms with E-state index < -0.39 is 11.7 Å². The Morgan fingerprint density at radius 2 is 1.86 bits per heavy atom. The third kappa shape index (κ3) is 3.84. The monoisotopic (exact) mass is 290 g/mol. The van der Waals surface area contributed by atoms with E-state index in [1.54, 1.807) is 14.1 Å². The molecule has 21 heavy (non-hydrogen) atoms. The van der Waals surface area contributed by atoms with Crippen LogP contribution in [0.4, 0.5) is 0 Å². The van der Waals surface area contributed by atoms with Crippen LogP contribution < -0.4 is 0 Å². The van der Waals surface area contributed by atoms with E-state index in [9.17, 15) is 14.7 Å². The van der Waals surface area contributed by atoms with E-state index in [1.165, 1.54) is 9.80 Å². The maximum atomic E-state index is 12.2. The molecule has 1 N–H and O–H groups in total. The molecule has 2 amide bonds. The third-order valence-electron chi connectivity index (χ3n) is 3.10. The maximum absolute atomic E-state index is 12.2. The Morgan fingerprint density at radius 1 is 1.29 bits per heavy atom. The molecule has 1 aromatic carbocycles. The van der Waals surface area contributed by atoms with Crippen LogP contribution >= 0.6 is 0 Å². The molecule has 1 aliphatic heterocycles. The van der Waals surface area contributed by atoms with Gasteiger partial charge in [0, 0.05) is 20.6 Å². The molecule has 2 rings (SSSR count). The standard InChI is InChI=1S/C14H16N2O3.C2H6/c1-15(8-10-6-4-3-5-7-10)13(18)11-9-16(2)14(19)12(11)17;1-2/h3-7,17H,8-9H2,1-2H3;1-2H3. The normalized spacial score (nSPS) is 13.9. The van der Waals surface area contributed by atoms with Gasteiger partial charge in [-0.25, -0.2) is 0 Å². The van der Waals surface area contributed by atoms with Gasteiger partial charge < -0.3 is 14.9 Å². The van der Waals surface area contributed by atoms with Crippen molar-refractivity contribution in [1.82, 2.24) is 9.80 Å². The molecule has 0 unspecified atom stereocenters. The number of carbonyl (C=O) groups is 2. The first-order chi connectivity index (χ1) is 10.0. The number of nitrogens with zero attached hydrogens (tertiary/aromatic N) is 2. The summed E-state index contributed by atoms with van der Waals surface area (Å²) in [6.07, 6.45) is 0. The van der Waals surface area contributed by atoms with E-state index in [-0.39, 0.29) is 18.0 Å². The zero-order valence-corrected chi connectivity index (χ0v) is 13.0. The average Bonchev–Trinajstić information content (AvgIpc) is 2.77. The van der Waals surface area contributed by atoms with Crippen LogP contribution in [0.15, 0.2) is 41.7 Å². The first-order valence-electron chi connectivity index (χ1n) is 6.97. The van der Waals surface area contributed by atoms with Crippen molar-refractivity contribution < 1.29 is 14.7 Å². The molecule has 0 aromatic heterocycles.